The van der Waals surface area contributed by atoms with Crippen LogP contribution in [-0.2, 0) is 96.7 Å². The molecule has 0 unspecified atom stereocenters. The Labute approximate surface area is 539 Å². The Hall–Kier alpha value is -8.33. The molecule has 0 bridgehead atoms. The molecule has 24 nitrogen and oxygen atoms in total. The SMILES string of the molecule is C=C1OC(=O)C2=C(C=C3c4nc5cc(F)c(C)c6c5c(c4CN3C2)[C@@H](NC(=O)COCN(CCS(C)(=O)=O)C(=O)OCc2ccc(CC(=O)[C@H](C)NC(=O)[C@@H](CC(=O)CCCn3cc(CNC4CCC(CN5C(=O)C=CC5=O)CC4)nn3)C(C)C)cc2)CC6)[C@@]1(O)CC. The molecular formula is C67H81FN10O14S. The Kier molecular flexibility index (Phi) is 20.7. The van der Waals surface area contributed by atoms with Crippen molar-refractivity contribution in [3.05, 3.63) is 129 Å². The summed E-state index contributed by atoms with van der Waals surface area (Å²) in [6.07, 6.45) is 11.7. The van der Waals surface area contributed by atoms with Crippen LogP contribution in [0.4, 0.5) is 9.18 Å². The predicted octanol–water partition coefficient (Wildman–Crippen LogP) is 5.61. The van der Waals surface area contributed by atoms with E-state index in [1.807, 2.05) is 24.9 Å². The van der Waals surface area contributed by atoms with Crippen molar-refractivity contribution in [2.45, 2.75) is 155 Å². The molecule has 10 rings (SSSR count). The summed E-state index contributed by atoms with van der Waals surface area (Å²) in [6, 6.07) is 6.92. The van der Waals surface area contributed by atoms with E-state index in [1.165, 1.54) is 23.1 Å². The van der Waals surface area contributed by atoms with Gasteiger partial charge in [0.05, 0.1) is 52.6 Å². The maximum Gasteiger partial charge on any atom is 0.411 e. The molecule has 5 amide bonds. The number of cyclic esters (lactones) is 1. The third kappa shape index (κ3) is 15.5. The zero-order chi connectivity index (χ0) is 66.6. The number of fused-ring (bicyclic) bond motifs is 4. The fraction of sp³-hybridized carbons (Fsp3) is 0.507. The normalized spacial score (nSPS) is 20.7. The summed E-state index contributed by atoms with van der Waals surface area (Å²) >= 11 is 0. The summed E-state index contributed by atoms with van der Waals surface area (Å²) in [5.41, 5.74) is 5.25. The Morgan fingerprint density at radius 1 is 0.989 bits per heavy atom. The molecule has 2 aromatic heterocycles. The third-order valence-electron chi connectivity index (χ3n) is 18.7. The molecule has 0 saturated heterocycles. The Morgan fingerprint density at radius 3 is 2.41 bits per heavy atom. The number of carbonyl (C=O) groups excluding carboxylic acids is 8. The number of aryl methyl sites for hydroxylation is 2. The number of aromatic nitrogens is 4. The van der Waals surface area contributed by atoms with Crippen molar-refractivity contribution in [3.63, 3.8) is 0 Å². The minimum atomic E-state index is -3.56. The first-order chi connectivity index (χ1) is 44.3. The monoisotopic (exact) mass is 1300 g/mol. The molecule has 2 aromatic carbocycles. The van der Waals surface area contributed by atoms with E-state index in [1.54, 1.807) is 55.8 Å². The summed E-state index contributed by atoms with van der Waals surface area (Å²) < 4.78 is 58.5. The van der Waals surface area contributed by atoms with Crippen LogP contribution in [0.25, 0.3) is 16.6 Å². The highest BCUT2D eigenvalue weighted by Crippen LogP contribution is 2.49. The van der Waals surface area contributed by atoms with Gasteiger partial charge in [-0.25, -0.2) is 27.4 Å². The third-order valence-corrected chi connectivity index (χ3v) is 19.7. The van der Waals surface area contributed by atoms with Gasteiger partial charge in [-0.05, 0) is 111 Å². The first-order valence-corrected chi connectivity index (χ1v) is 33.9. The van der Waals surface area contributed by atoms with Crippen LogP contribution in [0.15, 0.2) is 78.2 Å². The van der Waals surface area contributed by atoms with E-state index in [0.717, 1.165) is 59.2 Å². The first kappa shape index (κ1) is 67.6. The highest BCUT2D eigenvalue weighted by molar-refractivity contribution is 7.90. The Bertz CT molecular complexity index is 3850. The van der Waals surface area contributed by atoms with Crippen LogP contribution in [0.2, 0.25) is 0 Å². The number of pyridine rings is 1. The molecule has 6 heterocycles. The van der Waals surface area contributed by atoms with E-state index in [-0.39, 0.29) is 98.0 Å². The van der Waals surface area contributed by atoms with Gasteiger partial charge in [0.2, 0.25) is 11.8 Å². The van der Waals surface area contributed by atoms with Gasteiger partial charge in [-0.1, -0.05) is 56.8 Å². The zero-order valence-corrected chi connectivity index (χ0v) is 54.2. The van der Waals surface area contributed by atoms with E-state index in [2.05, 4.69) is 32.8 Å². The second-order valence-electron chi connectivity index (χ2n) is 25.7. The lowest BCUT2D eigenvalue weighted by Gasteiger charge is -2.39. The van der Waals surface area contributed by atoms with Crippen LogP contribution < -0.4 is 16.0 Å². The quantitative estimate of drug-likeness (QED) is 0.0305. The lowest BCUT2D eigenvalue weighted by molar-refractivity contribution is -0.141. The van der Waals surface area contributed by atoms with Crippen molar-refractivity contribution >= 4 is 73.7 Å². The number of halogens is 1. The molecule has 26 heteroatoms. The number of amides is 5. The van der Waals surface area contributed by atoms with Gasteiger partial charge in [-0.3, -0.25) is 43.2 Å². The number of nitrogens with zero attached hydrogens (tertiary/aromatic N) is 7. The number of hydrogen-bond donors (Lipinski definition) is 4. The number of hydrogen-bond acceptors (Lipinski definition) is 19. The molecule has 93 heavy (non-hydrogen) atoms. The van der Waals surface area contributed by atoms with Crippen molar-refractivity contribution < 1.29 is 70.5 Å². The molecule has 0 radical (unpaired) electrons. The zero-order valence-electron chi connectivity index (χ0n) is 53.4. The van der Waals surface area contributed by atoms with E-state index in [0.29, 0.717) is 90.0 Å². The molecule has 496 valence electrons. The van der Waals surface area contributed by atoms with Crippen LogP contribution in [0.1, 0.15) is 136 Å². The summed E-state index contributed by atoms with van der Waals surface area (Å²) in [5, 5.41) is 30.3. The Balaban J connectivity index is 0.666. The number of benzene rings is 2. The van der Waals surface area contributed by atoms with Gasteiger partial charge >= 0.3 is 12.1 Å². The predicted molar refractivity (Wildman–Crippen MR) is 337 cm³/mol. The highest BCUT2D eigenvalue weighted by atomic mass is 32.2. The number of ketones is 2. The molecule has 4 atom stereocenters. The number of esters is 1. The molecule has 4 aliphatic heterocycles. The molecule has 4 N–H and O–H groups in total. The van der Waals surface area contributed by atoms with Crippen molar-refractivity contribution in [1.82, 2.24) is 50.6 Å². The van der Waals surface area contributed by atoms with Crippen LogP contribution in [0.3, 0.4) is 0 Å². The number of ether oxygens (including phenoxy) is 3. The van der Waals surface area contributed by atoms with Gasteiger partial charge < -0.3 is 40.2 Å². The first-order valence-electron chi connectivity index (χ1n) is 31.8. The maximum absolute atomic E-state index is 15.5. The largest absolute Gasteiger partial charge is 0.444 e. The number of aliphatic hydroxyl groups is 1. The molecule has 6 aliphatic rings. The summed E-state index contributed by atoms with van der Waals surface area (Å²) in [6.45, 7) is 12.9. The van der Waals surface area contributed by atoms with E-state index in [4.69, 9.17) is 19.2 Å². The van der Waals surface area contributed by atoms with Gasteiger partial charge in [-0.15, -0.1) is 5.10 Å². The topological polar surface area (TPSA) is 308 Å². The smallest absolute Gasteiger partial charge is 0.411 e. The maximum atomic E-state index is 15.5. The summed E-state index contributed by atoms with van der Waals surface area (Å²) in [7, 11) is -3.56. The molecule has 1 saturated carbocycles. The number of sulfone groups is 1. The van der Waals surface area contributed by atoms with Crippen molar-refractivity contribution in [2.24, 2.45) is 17.8 Å². The molecule has 1 fully saturated rings. The number of carbonyl (C=O) groups is 8. The second-order valence-corrected chi connectivity index (χ2v) is 27.9. The van der Waals surface area contributed by atoms with Crippen LogP contribution in [0.5, 0.6) is 0 Å². The standard InChI is InChI=1S/C67H81FN10O14S/c1-8-67(87)41(6)92-65(85)50-33-76-34-51-62-54(20-19-48-39(4)53(68)29-55(61(48)62)72-63(51)56(76)28-52(50)67)71-58(81)36-90-37-75(24-25-93(7,88)89)66(86)91-35-44-13-11-42(12-14-44)26-57(80)40(5)70-64(84)49(38(2)3)27-47(79)10-9-23-77-32-46(73-74-77)30-69-45-17-15-43(16-18-45)31-78-59(82)21-22-60(78)83/h11-14,21-22,28-29,32,38,40,43,45,49,54,69,87H,6,8-10,15-20,23-27,30-31,33-37H2,1-5,7H3,(H,70,84)(H,71,81)/t40-,43?,45?,49-,54-,67+/m0/s1. The lowest BCUT2D eigenvalue weighted by atomic mass is 9.81. The molecule has 0 spiro atoms. The number of Topliss-reactive ketones (excluding diaryl/α,β-unsaturated/α-hetero) is 2. The summed E-state index contributed by atoms with van der Waals surface area (Å²) in [4.78, 5) is 114. The highest BCUT2D eigenvalue weighted by Gasteiger charge is 2.48. The van der Waals surface area contributed by atoms with Crippen LogP contribution >= 0.6 is 0 Å². The van der Waals surface area contributed by atoms with E-state index >= 15 is 4.39 Å². The molecular weight excluding hydrogens is 1220 g/mol. The number of rotatable bonds is 28. The number of nitrogens with one attached hydrogen (secondary N) is 3. The summed E-state index contributed by atoms with van der Waals surface area (Å²) in [5.74, 6) is -3.86. The fourth-order valence-electron chi connectivity index (χ4n) is 13.2. The molecule has 4 aromatic rings. The average Bonchev–Trinajstić information content (AvgIpc) is 1.65. The Morgan fingerprint density at radius 2 is 1.71 bits per heavy atom. The minimum absolute atomic E-state index is 0.0143. The van der Waals surface area contributed by atoms with Gasteiger partial charge in [0.1, 0.15) is 52.7 Å². The fourth-order valence-corrected chi connectivity index (χ4v) is 13.7. The van der Waals surface area contributed by atoms with Crippen molar-refractivity contribution in [3.8, 4) is 0 Å². The lowest BCUT2D eigenvalue weighted by Crippen LogP contribution is -2.44. The van der Waals surface area contributed by atoms with Crippen molar-refractivity contribution in [2.75, 3.05) is 45.0 Å². The van der Waals surface area contributed by atoms with Gasteiger partial charge in [0.15, 0.2) is 5.78 Å². The van der Waals surface area contributed by atoms with Crippen LogP contribution in [0, 0.1) is 30.5 Å². The minimum Gasteiger partial charge on any atom is -0.444 e. The average molecular weight is 1300 g/mol. The van der Waals surface area contributed by atoms with Gasteiger partial charge in [-0.2, -0.15) is 0 Å². The van der Waals surface area contributed by atoms with Crippen molar-refractivity contribution in [1.29, 1.82) is 0 Å². The van der Waals surface area contributed by atoms with Gasteiger partial charge in [0.25, 0.3) is 11.8 Å². The van der Waals surface area contributed by atoms with Crippen LogP contribution in [-0.4, -0.2) is 158 Å². The molecule has 2 aliphatic carbocycles. The number of imide groups is 1. The van der Waals surface area contributed by atoms with E-state index < -0.39 is 82.2 Å². The second kappa shape index (κ2) is 28.5. The van der Waals surface area contributed by atoms with Gasteiger partial charge in [0, 0.05) is 111 Å². The van der Waals surface area contributed by atoms with E-state index in [9.17, 15) is 51.9 Å².